The van der Waals surface area contributed by atoms with E-state index in [0.29, 0.717) is 0 Å². The smallest absolute Gasteiger partial charge is 0.326 e. The highest BCUT2D eigenvalue weighted by molar-refractivity contribution is 7.80. The van der Waals surface area contributed by atoms with Crippen molar-refractivity contribution in [3.8, 4) is 0 Å². The topological polar surface area (TPSA) is 268 Å². The average molecular weight is 493 g/mol. The maximum Gasteiger partial charge on any atom is 0.326 e. The van der Waals surface area contributed by atoms with Gasteiger partial charge in [0.15, 0.2) is 0 Å². The first-order valence-electron chi connectivity index (χ1n) is 9.50. The summed E-state index contributed by atoms with van der Waals surface area (Å²) in [4.78, 5) is 80.7. The Morgan fingerprint density at radius 2 is 1.15 bits per heavy atom. The second-order valence-corrected chi connectivity index (χ2v) is 7.21. The predicted octanol–water partition coefficient (Wildman–Crippen LogP) is -3.61. The first-order chi connectivity index (χ1) is 15.3. The van der Waals surface area contributed by atoms with Crippen LogP contribution in [0.3, 0.4) is 0 Å². The summed E-state index contributed by atoms with van der Waals surface area (Å²) in [6.45, 7) is 0. The molecule has 186 valence electrons. The van der Waals surface area contributed by atoms with Crippen LogP contribution in [0, 0.1) is 0 Å². The van der Waals surface area contributed by atoms with Crippen molar-refractivity contribution in [2.75, 3.05) is 5.75 Å². The average Bonchev–Trinajstić information content (AvgIpc) is 2.70. The van der Waals surface area contributed by atoms with Gasteiger partial charge in [-0.15, -0.1) is 0 Å². The van der Waals surface area contributed by atoms with Crippen molar-refractivity contribution in [1.82, 2.24) is 16.0 Å². The minimum absolute atomic E-state index is 0.273. The number of carboxylic acids is 3. The van der Waals surface area contributed by atoms with Crippen LogP contribution in [0.4, 0.5) is 0 Å². The highest BCUT2D eigenvalue weighted by Crippen LogP contribution is 2.04. The number of aliphatic carboxylic acids is 3. The van der Waals surface area contributed by atoms with Crippen molar-refractivity contribution in [1.29, 1.82) is 0 Å². The van der Waals surface area contributed by atoms with Crippen molar-refractivity contribution in [2.45, 2.75) is 56.3 Å². The van der Waals surface area contributed by atoms with E-state index >= 15 is 0 Å². The van der Waals surface area contributed by atoms with Crippen LogP contribution < -0.4 is 27.4 Å². The molecule has 16 heteroatoms. The number of nitrogens with two attached hydrogens (primary N) is 2. The Labute approximate surface area is 193 Å². The van der Waals surface area contributed by atoms with Gasteiger partial charge in [0, 0.05) is 18.6 Å². The van der Waals surface area contributed by atoms with Crippen LogP contribution in [-0.2, 0) is 33.6 Å². The Hall–Kier alpha value is -3.40. The van der Waals surface area contributed by atoms with Gasteiger partial charge in [0.1, 0.15) is 18.1 Å². The van der Waals surface area contributed by atoms with Gasteiger partial charge >= 0.3 is 17.9 Å². The van der Waals surface area contributed by atoms with Gasteiger partial charge in [-0.3, -0.25) is 28.8 Å². The molecule has 0 aromatic carbocycles. The quantitative estimate of drug-likeness (QED) is 0.0947. The van der Waals surface area contributed by atoms with Crippen molar-refractivity contribution < 1.29 is 48.9 Å². The van der Waals surface area contributed by atoms with Crippen LogP contribution in [-0.4, -0.2) is 86.8 Å². The summed E-state index contributed by atoms with van der Waals surface area (Å²) in [5.41, 5.74) is 10.4. The maximum atomic E-state index is 12.5. The molecule has 33 heavy (non-hydrogen) atoms. The highest BCUT2D eigenvalue weighted by atomic mass is 32.1. The fourth-order valence-electron chi connectivity index (χ4n) is 2.39. The number of primary amides is 1. The van der Waals surface area contributed by atoms with Gasteiger partial charge in [-0.1, -0.05) is 0 Å². The molecule has 0 saturated heterocycles. The number of nitrogens with one attached hydrogen (secondary N) is 3. The Morgan fingerprint density at radius 1 is 0.727 bits per heavy atom. The summed E-state index contributed by atoms with van der Waals surface area (Å²) >= 11 is 3.92. The van der Waals surface area contributed by atoms with Crippen LogP contribution in [0.15, 0.2) is 0 Å². The molecule has 0 bridgehead atoms. The third-order valence-corrected chi connectivity index (χ3v) is 4.48. The first kappa shape index (κ1) is 29.6. The van der Waals surface area contributed by atoms with E-state index in [1.165, 1.54) is 0 Å². The lowest BCUT2D eigenvalue weighted by atomic mass is 10.1. The summed E-state index contributed by atoms with van der Waals surface area (Å²) in [5.74, 6) is -8.21. The summed E-state index contributed by atoms with van der Waals surface area (Å²) in [6, 6.07) is -5.83. The number of amides is 4. The molecular formula is C17H27N5O10S. The molecule has 10 N–H and O–H groups in total. The molecule has 0 saturated carbocycles. The van der Waals surface area contributed by atoms with Crippen molar-refractivity contribution in [2.24, 2.45) is 11.5 Å². The lowest BCUT2D eigenvalue weighted by molar-refractivity contribution is -0.144. The fourth-order valence-corrected chi connectivity index (χ4v) is 2.65. The monoisotopic (exact) mass is 493 g/mol. The number of rotatable bonds is 16. The molecule has 0 aliphatic carbocycles. The van der Waals surface area contributed by atoms with E-state index in [9.17, 15) is 33.6 Å². The van der Waals surface area contributed by atoms with Gasteiger partial charge in [0.05, 0.1) is 12.5 Å². The van der Waals surface area contributed by atoms with Gasteiger partial charge in [0.2, 0.25) is 23.6 Å². The predicted molar refractivity (Wildman–Crippen MR) is 113 cm³/mol. The lowest BCUT2D eigenvalue weighted by Gasteiger charge is -2.24. The molecule has 0 radical (unpaired) electrons. The van der Waals surface area contributed by atoms with E-state index in [0.717, 1.165) is 0 Å². The molecule has 4 amide bonds. The molecule has 4 atom stereocenters. The fraction of sp³-hybridized carbons (Fsp3) is 0.588. The van der Waals surface area contributed by atoms with Crippen molar-refractivity contribution in [3.05, 3.63) is 0 Å². The number of carbonyl (C=O) groups excluding carboxylic acids is 4. The van der Waals surface area contributed by atoms with Crippen LogP contribution in [0.2, 0.25) is 0 Å². The van der Waals surface area contributed by atoms with E-state index in [2.05, 4.69) is 28.6 Å². The lowest BCUT2D eigenvalue weighted by Crippen LogP contribution is -2.57. The zero-order valence-electron chi connectivity index (χ0n) is 17.4. The third kappa shape index (κ3) is 12.3. The minimum atomic E-state index is -1.61. The Balaban J connectivity index is 5.36. The van der Waals surface area contributed by atoms with Gasteiger partial charge < -0.3 is 42.7 Å². The van der Waals surface area contributed by atoms with E-state index in [4.69, 9.17) is 26.8 Å². The van der Waals surface area contributed by atoms with Crippen molar-refractivity contribution >= 4 is 54.2 Å². The number of hydrogen-bond acceptors (Lipinski definition) is 9. The van der Waals surface area contributed by atoms with Crippen LogP contribution >= 0.6 is 12.6 Å². The largest absolute Gasteiger partial charge is 0.481 e. The van der Waals surface area contributed by atoms with Gasteiger partial charge in [0.25, 0.3) is 0 Å². The molecule has 0 aromatic rings. The van der Waals surface area contributed by atoms with E-state index in [1.54, 1.807) is 0 Å². The summed E-state index contributed by atoms with van der Waals surface area (Å²) in [6.07, 6.45) is -2.53. The summed E-state index contributed by atoms with van der Waals surface area (Å²) < 4.78 is 0. The standard InChI is InChI=1S/C17H27N5O10S/c18-7(5-11(19)23)14(28)22-10(6-33)16(30)20-8(1-3-12(24)25)15(29)21-9(17(31)32)2-4-13(26)27/h7-10,33H,1-6,18H2,(H2,19,23)(H,20,30)(H,21,29)(H,22,28)(H,24,25)(H,26,27)(H,31,32). The zero-order valence-corrected chi connectivity index (χ0v) is 18.2. The van der Waals surface area contributed by atoms with Crippen LogP contribution in [0.25, 0.3) is 0 Å². The summed E-state index contributed by atoms with van der Waals surface area (Å²) in [5, 5.41) is 33.2. The van der Waals surface area contributed by atoms with Gasteiger partial charge in [-0.05, 0) is 12.8 Å². The normalized spacial score (nSPS) is 14.1. The van der Waals surface area contributed by atoms with Crippen LogP contribution in [0.1, 0.15) is 32.1 Å². The SMILES string of the molecule is NC(=O)CC(N)C(=O)NC(CS)C(=O)NC(CCC(=O)O)C(=O)NC(CCC(=O)O)C(=O)O. The summed E-state index contributed by atoms with van der Waals surface area (Å²) in [7, 11) is 0. The molecule has 0 aromatic heterocycles. The molecule has 0 rings (SSSR count). The maximum absolute atomic E-state index is 12.5. The Bertz CT molecular complexity index is 777. The number of carboxylic acid groups (broad SMARTS) is 3. The number of hydrogen-bond donors (Lipinski definition) is 9. The second kappa shape index (κ2) is 14.6. The van der Waals surface area contributed by atoms with E-state index < -0.39 is 97.8 Å². The zero-order chi connectivity index (χ0) is 25.7. The van der Waals surface area contributed by atoms with Gasteiger partial charge in [-0.25, -0.2) is 4.79 Å². The molecular weight excluding hydrogens is 466 g/mol. The molecule has 0 aliphatic rings. The Morgan fingerprint density at radius 3 is 1.58 bits per heavy atom. The van der Waals surface area contributed by atoms with Crippen LogP contribution in [0.5, 0.6) is 0 Å². The van der Waals surface area contributed by atoms with E-state index in [-0.39, 0.29) is 5.75 Å². The first-order valence-corrected chi connectivity index (χ1v) is 10.1. The minimum Gasteiger partial charge on any atom is -0.481 e. The molecule has 15 nitrogen and oxygen atoms in total. The Kier molecular flexibility index (Phi) is 13.1. The highest BCUT2D eigenvalue weighted by Gasteiger charge is 2.30. The number of carbonyl (C=O) groups is 7. The molecule has 0 aliphatic heterocycles. The molecule has 0 fully saturated rings. The van der Waals surface area contributed by atoms with E-state index in [1.807, 2.05) is 0 Å². The van der Waals surface area contributed by atoms with Gasteiger partial charge in [-0.2, -0.15) is 12.6 Å². The van der Waals surface area contributed by atoms with Crippen molar-refractivity contribution in [3.63, 3.8) is 0 Å². The second-order valence-electron chi connectivity index (χ2n) is 6.85. The molecule has 0 spiro atoms. The number of thiol groups is 1. The molecule has 4 unspecified atom stereocenters. The third-order valence-electron chi connectivity index (χ3n) is 4.11. The molecule has 0 heterocycles.